The summed E-state index contributed by atoms with van der Waals surface area (Å²) in [6, 6.07) is 12.9. The zero-order valence-corrected chi connectivity index (χ0v) is 18.7. The lowest BCUT2D eigenvalue weighted by Crippen LogP contribution is -2.36. The zero-order valence-electron chi connectivity index (χ0n) is 17.1. The first kappa shape index (κ1) is 23.2. The quantitative estimate of drug-likeness (QED) is 0.445. The molecular weight excluding hydrogens is 481 g/mol. The summed E-state index contributed by atoms with van der Waals surface area (Å²) in [5, 5.41) is 14.3. The van der Waals surface area contributed by atoms with Crippen molar-refractivity contribution >= 4 is 33.6 Å². The van der Waals surface area contributed by atoms with Crippen molar-refractivity contribution in [1.82, 2.24) is 9.88 Å². The molecule has 0 aliphatic heterocycles. The summed E-state index contributed by atoms with van der Waals surface area (Å²) in [6.07, 6.45) is 1.21. The average Bonchev–Trinajstić information content (AvgIpc) is 2.73. The number of carbonyl (C=O) groups is 2. The third kappa shape index (κ3) is 6.04. The second-order valence-electron chi connectivity index (χ2n) is 7.25. The van der Waals surface area contributed by atoms with Crippen molar-refractivity contribution in [3.05, 3.63) is 98.1 Å². The van der Waals surface area contributed by atoms with Gasteiger partial charge in [0.25, 0.3) is 5.56 Å². The van der Waals surface area contributed by atoms with Crippen molar-refractivity contribution in [2.75, 3.05) is 5.32 Å². The number of carboxylic acid groups (broad SMARTS) is 1. The number of aromatic nitrogens is 1. The molecule has 3 N–H and O–H groups in total. The van der Waals surface area contributed by atoms with Gasteiger partial charge in [-0.1, -0.05) is 45.8 Å². The third-order valence-corrected chi connectivity index (χ3v) is 5.55. The molecule has 0 spiro atoms. The number of anilines is 1. The molecule has 0 aliphatic rings. The van der Waals surface area contributed by atoms with Crippen molar-refractivity contribution in [1.29, 1.82) is 0 Å². The molecule has 1 aromatic heterocycles. The number of amides is 2. The minimum Gasteiger partial charge on any atom is -0.481 e. The van der Waals surface area contributed by atoms with Crippen molar-refractivity contribution in [3.8, 4) is 0 Å². The molecule has 32 heavy (non-hydrogen) atoms. The topological polar surface area (TPSA) is 100 Å². The third-order valence-electron chi connectivity index (χ3n) is 4.78. The van der Waals surface area contributed by atoms with E-state index in [-0.39, 0.29) is 18.7 Å². The van der Waals surface area contributed by atoms with E-state index in [0.29, 0.717) is 15.6 Å². The van der Waals surface area contributed by atoms with Crippen LogP contribution in [-0.2, 0) is 11.3 Å². The van der Waals surface area contributed by atoms with Crippen LogP contribution in [0.1, 0.15) is 29.2 Å². The number of hydrogen-bond donors (Lipinski definition) is 3. The lowest BCUT2D eigenvalue weighted by atomic mass is 10.0. The molecule has 0 unspecified atom stereocenters. The second-order valence-corrected chi connectivity index (χ2v) is 8.10. The zero-order chi connectivity index (χ0) is 23.3. The Kier molecular flexibility index (Phi) is 7.42. The molecule has 166 valence electrons. The summed E-state index contributed by atoms with van der Waals surface area (Å²) in [5.74, 6) is -1.50. The molecule has 2 aromatic carbocycles. The molecule has 0 radical (unpaired) electrons. The molecule has 3 rings (SSSR count). The summed E-state index contributed by atoms with van der Waals surface area (Å²) in [7, 11) is 0. The van der Waals surface area contributed by atoms with Crippen LogP contribution in [0.3, 0.4) is 0 Å². The smallest absolute Gasteiger partial charge is 0.319 e. The number of benzene rings is 2. The van der Waals surface area contributed by atoms with Crippen LogP contribution in [0.5, 0.6) is 0 Å². The average molecular weight is 502 g/mol. The van der Waals surface area contributed by atoms with Gasteiger partial charge in [0.15, 0.2) is 0 Å². The number of nitrogens with zero attached hydrogens (tertiary/aromatic N) is 1. The number of rotatable bonds is 7. The van der Waals surface area contributed by atoms with Gasteiger partial charge in [0.2, 0.25) is 0 Å². The van der Waals surface area contributed by atoms with Gasteiger partial charge in [-0.25, -0.2) is 9.18 Å². The number of aliphatic carboxylic acids is 1. The van der Waals surface area contributed by atoms with Gasteiger partial charge in [-0.05, 0) is 48.4 Å². The number of carbonyl (C=O) groups excluding carboxylic acids is 1. The first-order valence-electron chi connectivity index (χ1n) is 9.72. The Labute approximate surface area is 192 Å². The molecule has 0 saturated heterocycles. The molecule has 7 nitrogen and oxygen atoms in total. The normalized spacial score (nSPS) is 11.6. The van der Waals surface area contributed by atoms with Crippen LogP contribution in [0.15, 0.2) is 70.1 Å². The fraction of sp³-hybridized carbons (Fsp3) is 0.174. The second kappa shape index (κ2) is 10.2. The number of hydrogen-bond acceptors (Lipinski definition) is 3. The summed E-state index contributed by atoms with van der Waals surface area (Å²) >= 11 is 3.33. The van der Waals surface area contributed by atoms with E-state index in [2.05, 4.69) is 26.6 Å². The minimum absolute atomic E-state index is 0.00973. The highest BCUT2D eigenvalue weighted by molar-refractivity contribution is 9.10. The van der Waals surface area contributed by atoms with E-state index in [0.717, 1.165) is 5.56 Å². The van der Waals surface area contributed by atoms with E-state index < -0.39 is 29.4 Å². The first-order chi connectivity index (χ1) is 15.2. The van der Waals surface area contributed by atoms with Gasteiger partial charge in [0.05, 0.1) is 19.0 Å². The Morgan fingerprint density at radius 1 is 1.16 bits per heavy atom. The predicted octanol–water partition coefficient (Wildman–Crippen LogP) is 4.44. The maximum absolute atomic E-state index is 13.6. The highest BCUT2D eigenvalue weighted by Crippen LogP contribution is 2.19. The highest BCUT2D eigenvalue weighted by Gasteiger charge is 2.19. The molecule has 9 heteroatoms. The van der Waals surface area contributed by atoms with Gasteiger partial charge in [0, 0.05) is 10.7 Å². The lowest BCUT2D eigenvalue weighted by Gasteiger charge is -2.18. The standard InChI is InChI=1S/C23H21BrFN3O4/c1-14-4-6-15(7-5-14)20(12-21(29)30)27-23(32)26-19-3-2-10-28(22(19)31)13-16-11-17(25)8-9-18(16)24/h2-11,20H,12-13H2,1H3,(H,29,30)(H2,26,27,32)/t20-/m0/s1. The molecule has 3 aromatic rings. The fourth-order valence-corrected chi connectivity index (χ4v) is 3.52. The SMILES string of the molecule is Cc1ccc([C@H](CC(=O)O)NC(=O)Nc2cccn(Cc3cc(F)ccc3Br)c2=O)cc1. The van der Waals surface area contributed by atoms with Crippen LogP contribution in [0.2, 0.25) is 0 Å². The van der Waals surface area contributed by atoms with Crippen molar-refractivity contribution in [2.24, 2.45) is 0 Å². The van der Waals surface area contributed by atoms with Crippen molar-refractivity contribution in [2.45, 2.75) is 25.9 Å². The van der Waals surface area contributed by atoms with Gasteiger partial charge < -0.3 is 20.3 Å². The molecule has 0 bridgehead atoms. The summed E-state index contributed by atoms with van der Waals surface area (Å²) in [6.45, 7) is 2.00. The van der Waals surface area contributed by atoms with Crippen LogP contribution in [-0.4, -0.2) is 21.7 Å². The molecule has 1 heterocycles. The lowest BCUT2D eigenvalue weighted by molar-refractivity contribution is -0.137. The summed E-state index contributed by atoms with van der Waals surface area (Å²) in [5.41, 5.74) is 1.73. The van der Waals surface area contributed by atoms with Crippen LogP contribution in [0, 0.1) is 12.7 Å². The van der Waals surface area contributed by atoms with E-state index in [9.17, 15) is 23.9 Å². The van der Waals surface area contributed by atoms with Crippen molar-refractivity contribution < 1.29 is 19.1 Å². The van der Waals surface area contributed by atoms with Crippen molar-refractivity contribution in [3.63, 3.8) is 0 Å². The largest absolute Gasteiger partial charge is 0.481 e. The highest BCUT2D eigenvalue weighted by atomic mass is 79.9. The molecule has 1 atom stereocenters. The summed E-state index contributed by atoms with van der Waals surface area (Å²) in [4.78, 5) is 36.6. The molecule has 0 saturated carbocycles. The van der Waals surface area contributed by atoms with E-state index >= 15 is 0 Å². The van der Waals surface area contributed by atoms with Crippen LogP contribution < -0.4 is 16.2 Å². The van der Waals surface area contributed by atoms with Gasteiger partial charge in [-0.3, -0.25) is 9.59 Å². The summed E-state index contributed by atoms with van der Waals surface area (Å²) < 4.78 is 15.5. The van der Waals surface area contributed by atoms with Gasteiger partial charge in [0.1, 0.15) is 11.5 Å². The van der Waals surface area contributed by atoms with Gasteiger partial charge >= 0.3 is 12.0 Å². The first-order valence-corrected chi connectivity index (χ1v) is 10.5. The predicted molar refractivity (Wildman–Crippen MR) is 122 cm³/mol. The Morgan fingerprint density at radius 3 is 2.56 bits per heavy atom. The minimum atomic E-state index is -1.07. The van der Waals surface area contributed by atoms with E-state index in [1.54, 1.807) is 24.3 Å². The maximum Gasteiger partial charge on any atom is 0.319 e. The van der Waals surface area contributed by atoms with Gasteiger partial charge in [-0.15, -0.1) is 0 Å². The number of urea groups is 1. The molecule has 0 aliphatic carbocycles. The van der Waals surface area contributed by atoms with Crippen LogP contribution in [0.25, 0.3) is 0 Å². The Morgan fingerprint density at radius 2 is 1.88 bits per heavy atom. The molecule has 0 fully saturated rings. The van der Waals surface area contributed by atoms with E-state index in [1.807, 2.05) is 19.1 Å². The Balaban J connectivity index is 1.77. The number of nitrogens with one attached hydrogen (secondary N) is 2. The Hall–Kier alpha value is -3.46. The van der Waals surface area contributed by atoms with E-state index in [1.165, 1.54) is 29.0 Å². The van der Waals surface area contributed by atoms with Gasteiger partial charge in [-0.2, -0.15) is 0 Å². The number of carboxylic acids is 1. The van der Waals surface area contributed by atoms with E-state index in [4.69, 9.17) is 0 Å². The number of pyridine rings is 1. The monoisotopic (exact) mass is 501 g/mol. The molecular formula is C23H21BrFN3O4. The number of aryl methyl sites for hydroxylation is 1. The number of halogens is 2. The van der Waals surface area contributed by atoms with Crippen LogP contribution in [0.4, 0.5) is 14.9 Å². The molecule has 2 amide bonds. The Bertz CT molecular complexity index is 1190. The van der Waals surface area contributed by atoms with Crippen LogP contribution >= 0.6 is 15.9 Å². The fourth-order valence-electron chi connectivity index (χ4n) is 3.15. The maximum atomic E-state index is 13.6.